The molecular formula is C22H36N2O3. The standard InChI is InChI=1S/C22H36N2O3/c1-21(2,27-17-7-5-3-4-6-8-17)20(26)24-18-15-9-14-10-16(18)13-22(11-14,12-15)19(23)25/h14-18H,3-13H2,1-2H3,(H2,23,25)(H,24,26). The lowest BCUT2D eigenvalue weighted by Gasteiger charge is -2.59. The molecule has 2 amide bonds. The molecule has 0 saturated heterocycles. The van der Waals surface area contributed by atoms with Gasteiger partial charge in [0.25, 0.3) is 5.91 Å². The Morgan fingerprint density at radius 1 is 1.00 bits per heavy atom. The van der Waals surface area contributed by atoms with Crippen LogP contribution in [0.2, 0.25) is 0 Å². The highest BCUT2D eigenvalue weighted by atomic mass is 16.5. The van der Waals surface area contributed by atoms with E-state index in [1.165, 1.54) is 25.7 Å². The smallest absolute Gasteiger partial charge is 0.251 e. The summed E-state index contributed by atoms with van der Waals surface area (Å²) in [4.78, 5) is 25.2. The van der Waals surface area contributed by atoms with Crippen molar-refractivity contribution in [3.63, 3.8) is 0 Å². The van der Waals surface area contributed by atoms with Crippen molar-refractivity contribution >= 4 is 11.8 Å². The number of carbonyl (C=O) groups is 2. The van der Waals surface area contributed by atoms with Crippen molar-refractivity contribution in [1.82, 2.24) is 5.32 Å². The molecular weight excluding hydrogens is 340 g/mol. The minimum absolute atomic E-state index is 0.0114. The SMILES string of the molecule is CC(C)(OC1CCCCCC1)C(=O)NC1C2CC3CC1CC(C(N)=O)(C3)C2. The molecule has 2 unspecified atom stereocenters. The molecule has 5 nitrogen and oxygen atoms in total. The Morgan fingerprint density at radius 2 is 1.59 bits per heavy atom. The van der Waals surface area contributed by atoms with Crippen molar-refractivity contribution < 1.29 is 14.3 Å². The molecule has 5 heteroatoms. The third kappa shape index (κ3) is 3.64. The Morgan fingerprint density at radius 3 is 2.15 bits per heavy atom. The Labute approximate surface area is 163 Å². The van der Waals surface area contributed by atoms with Gasteiger partial charge in [0.05, 0.1) is 6.10 Å². The highest BCUT2D eigenvalue weighted by Gasteiger charge is 2.58. The fourth-order valence-electron chi connectivity index (χ4n) is 6.72. The molecule has 0 heterocycles. The summed E-state index contributed by atoms with van der Waals surface area (Å²) in [5, 5.41) is 3.35. The predicted molar refractivity (Wildman–Crippen MR) is 104 cm³/mol. The Balaban J connectivity index is 1.40. The first-order valence-corrected chi connectivity index (χ1v) is 11.1. The molecule has 0 aliphatic heterocycles. The fraction of sp³-hybridized carbons (Fsp3) is 0.909. The van der Waals surface area contributed by atoms with E-state index in [1.54, 1.807) is 0 Å². The van der Waals surface area contributed by atoms with E-state index in [-0.39, 0.29) is 29.4 Å². The Kier molecular flexibility index (Phi) is 5.02. The Hall–Kier alpha value is -1.10. The molecule has 0 spiro atoms. The number of nitrogens with two attached hydrogens (primary N) is 1. The van der Waals surface area contributed by atoms with Gasteiger partial charge in [-0.25, -0.2) is 0 Å². The summed E-state index contributed by atoms with van der Waals surface area (Å²) in [7, 11) is 0. The van der Waals surface area contributed by atoms with Crippen molar-refractivity contribution in [2.24, 2.45) is 28.9 Å². The number of primary amides is 1. The number of hydrogen-bond donors (Lipinski definition) is 2. The molecule has 0 aromatic carbocycles. The molecule has 0 aromatic rings. The molecule has 0 radical (unpaired) electrons. The monoisotopic (exact) mass is 376 g/mol. The maximum atomic E-state index is 13.1. The van der Waals surface area contributed by atoms with Crippen molar-refractivity contribution in [3.8, 4) is 0 Å². The van der Waals surface area contributed by atoms with Gasteiger partial charge in [-0.3, -0.25) is 9.59 Å². The van der Waals surface area contributed by atoms with Crippen molar-refractivity contribution in [1.29, 1.82) is 0 Å². The zero-order chi connectivity index (χ0) is 19.2. The van der Waals surface area contributed by atoms with Gasteiger partial charge in [0.1, 0.15) is 5.60 Å². The van der Waals surface area contributed by atoms with Gasteiger partial charge >= 0.3 is 0 Å². The topological polar surface area (TPSA) is 81.4 Å². The van der Waals surface area contributed by atoms with Crippen LogP contribution in [0.1, 0.15) is 84.5 Å². The normalized spacial score (nSPS) is 39.2. The lowest BCUT2D eigenvalue weighted by molar-refractivity contribution is -0.158. The lowest BCUT2D eigenvalue weighted by Crippen LogP contribution is -2.63. The first-order valence-electron chi connectivity index (χ1n) is 11.1. The Bertz CT molecular complexity index is 578. The summed E-state index contributed by atoms with van der Waals surface area (Å²) in [6.07, 6.45) is 12.2. The first-order chi connectivity index (χ1) is 12.8. The second-order valence-corrected chi connectivity index (χ2v) is 10.4. The number of amides is 2. The fourth-order valence-corrected chi connectivity index (χ4v) is 6.72. The van der Waals surface area contributed by atoms with Gasteiger partial charge in [-0.15, -0.1) is 0 Å². The highest BCUT2D eigenvalue weighted by molar-refractivity contribution is 5.85. The molecule has 5 rings (SSSR count). The van der Waals surface area contributed by atoms with Gasteiger partial charge in [-0.05, 0) is 76.5 Å². The van der Waals surface area contributed by atoms with E-state index in [1.807, 2.05) is 13.8 Å². The number of rotatable bonds is 5. The second-order valence-electron chi connectivity index (χ2n) is 10.4. The number of hydrogen-bond acceptors (Lipinski definition) is 3. The van der Waals surface area contributed by atoms with E-state index in [0.29, 0.717) is 17.8 Å². The maximum absolute atomic E-state index is 13.1. The van der Waals surface area contributed by atoms with Crippen LogP contribution < -0.4 is 11.1 Å². The van der Waals surface area contributed by atoms with E-state index in [4.69, 9.17) is 10.5 Å². The van der Waals surface area contributed by atoms with Crippen LogP contribution in [0.25, 0.3) is 0 Å². The van der Waals surface area contributed by atoms with E-state index in [9.17, 15) is 9.59 Å². The third-order valence-corrected chi connectivity index (χ3v) is 7.90. The summed E-state index contributed by atoms with van der Waals surface area (Å²) >= 11 is 0. The average molecular weight is 377 g/mol. The predicted octanol–water partition coefficient (Wildman–Crippen LogP) is 3.30. The van der Waals surface area contributed by atoms with Crippen molar-refractivity contribution in [2.45, 2.75) is 102 Å². The molecule has 5 aliphatic rings. The molecule has 0 aromatic heterocycles. The maximum Gasteiger partial charge on any atom is 0.251 e. The highest BCUT2D eigenvalue weighted by Crippen LogP contribution is 2.59. The lowest BCUT2D eigenvalue weighted by atomic mass is 9.47. The van der Waals surface area contributed by atoms with Gasteiger partial charge in [0.15, 0.2) is 0 Å². The van der Waals surface area contributed by atoms with Crippen LogP contribution in [0.3, 0.4) is 0 Å². The van der Waals surface area contributed by atoms with Gasteiger partial charge < -0.3 is 15.8 Å². The van der Waals surface area contributed by atoms with Crippen molar-refractivity contribution in [2.75, 3.05) is 0 Å². The zero-order valence-electron chi connectivity index (χ0n) is 17.0. The minimum Gasteiger partial charge on any atom is -0.369 e. The van der Waals surface area contributed by atoms with Gasteiger partial charge in [0.2, 0.25) is 5.91 Å². The summed E-state index contributed by atoms with van der Waals surface area (Å²) in [5.74, 6) is 1.28. The van der Waals surface area contributed by atoms with Crippen LogP contribution >= 0.6 is 0 Å². The number of nitrogens with one attached hydrogen (secondary N) is 1. The first kappa shape index (κ1) is 19.2. The van der Waals surface area contributed by atoms with E-state index >= 15 is 0 Å². The molecule has 5 aliphatic carbocycles. The van der Waals surface area contributed by atoms with E-state index < -0.39 is 5.60 Å². The molecule has 27 heavy (non-hydrogen) atoms. The largest absolute Gasteiger partial charge is 0.369 e. The molecule has 5 fully saturated rings. The third-order valence-electron chi connectivity index (χ3n) is 7.90. The average Bonchev–Trinajstić information content (AvgIpc) is 2.85. The molecule has 4 bridgehead atoms. The molecule has 5 saturated carbocycles. The van der Waals surface area contributed by atoms with Gasteiger partial charge in [0, 0.05) is 11.5 Å². The van der Waals surface area contributed by atoms with Crippen LogP contribution in [0.15, 0.2) is 0 Å². The van der Waals surface area contributed by atoms with Gasteiger partial charge in [-0.1, -0.05) is 25.7 Å². The number of carbonyl (C=O) groups excluding carboxylic acids is 2. The summed E-state index contributed by atoms with van der Waals surface area (Å²) in [5.41, 5.74) is 4.68. The molecule has 3 N–H and O–H groups in total. The minimum atomic E-state index is -0.801. The van der Waals surface area contributed by atoms with Crippen LogP contribution in [0.4, 0.5) is 0 Å². The number of ether oxygens (including phenoxy) is 1. The summed E-state index contributed by atoms with van der Waals surface area (Å²) < 4.78 is 6.29. The van der Waals surface area contributed by atoms with E-state index in [0.717, 1.165) is 44.9 Å². The second kappa shape index (κ2) is 7.06. The van der Waals surface area contributed by atoms with Crippen molar-refractivity contribution in [3.05, 3.63) is 0 Å². The van der Waals surface area contributed by atoms with Gasteiger partial charge in [-0.2, -0.15) is 0 Å². The van der Waals surface area contributed by atoms with E-state index in [2.05, 4.69) is 5.32 Å². The quantitative estimate of drug-likeness (QED) is 0.722. The van der Waals surface area contributed by atoms with Crippen LogP contribution in [-0.2, 0) is 14.3 Å². The zero-order valence-corrected chi connectivity index (χ0v) is 17.0. The summed E-state index contributed by atoms with van der Waals surface area (Å²) in [6.45, 7) is 3.82. The molecule has 152 valence electrons. The van der Waals surface area contributed by atoms with Crippen LogP contribution in [-0.4, -0.2) is 29.6 Å². The summed E-state index contributed by atoms with van der Waals surface area (Å²) in [6, 6.07) is 0.179. The van der Waals surface area contributed by atoms with Crippen LogP contribution in [0.5, 0.6) is 0 Å². The molecule has 2 atom stereocenters. The van der Waals surface area contributed by atoms with Crippen LogP contribution in [0, 0.1) is 23.2 Å².